The summed E-state index contributed by atoms with van der Waals surface area (Å²) in [6, 6.07) is 1.09. The number of likely N-dealkylation sites (N-methyl/N-ethyl adjacent to an activating group) is 2. The Labute approximate surface area is 130 Å². The van der Waals surface area contributed by atoms with Crippen molar-refractivity contribution in [3.63, 3.8) is 0 Å². The molecule has 1 amide bonds. The summed E-state index contributed by atoms with van der Waals surface area (Å²) in [5.41, 5.74) is 0. The van der Waals surface area contributed by atoms with E-state index in [1.165, 1.54) is 44.9 Å². The zero-order valence-corrected chi connectivity index (χ0v) is 13.9. The largest absolute Gasteiger partial charge is 0.339 e. The molecule has 1 unspecified atom stereocenters. The first-order chi connectivity index (χ1) is 10.2. The lowest BCUT2D eigenvalue weighted by Gasteiger charge is -2.35. The van der Waals surface area contributed by atoms with Crippen molar-refractivity contribution in [2.75, 3.05) is 32.7 Å². The number of carbonyl (C=O) groups excluding carboxylic acids is 1. The van der Waals surface area contributed by atoms with Crippen molar-refractivity contribution in [1.29, 1.82) is 0 Å². The molecule has 1 N–H and O–H groups in total. The van der Waals surface area contributed by atoms with Gasteiger partial charge in [-0.1, -0.05) is 26.2 Å². The highest BCUT2D eigenvalue weighted by molar-refractivity contribution is 5.78. The van der Waals surface area contributed by atoms with Crippen LogP contribution in [0.2, 0.25) is 0 Å². The van der Waals surface area contributed by atoms with Gasteiger partial charge in [0.05, 0.1) is 6.54 Å². The Morgan fingerprint density at radius 1 is 1.05 bits per heavy atom. The average Bonchev–Trinajstić information content (AvgIpc) is 3.01. The fourth-order valence-electron chi connectivity index (χ4n) is 3.84. The number of hydrogen-bond acceptors (Lipinski definition) is 3. The van der Waals surface area contributed by atoms with Crippen LogP contribution in [0.15, 0.2) is 0 Å². The third-order valence-corrected chi connectivity index (χ3v) is 5.12. The second kappa shape index (κ2) is 8.74. The second-order valence-corrected chi connectivity index (χ2v) is 6.59. The van der Waals surface area contributed by atoms with Gasteiger partial charge in [0.1, 0.15) is 0 Å². The van der Waals surface area contributed by atoms with E-state index < -0.39 is 0 Å². The van der Waals surface area contributed by atoms with Crippen molar-refractivity contribution in [3.8, 4) is 0 Å². The molecule has 1 aliphatic carbocycles. The molecule has 2 aliphatic rings. The standard InChI is InChI=1S/C17H33N3O/c1-3-19(13-15-9-8-12-18-15)14-17(21)20(4-2)16-10-6-5-7-11-16/h15-16,18H,3-14H2,1-2H3. The maximum absolute atomic E-state index is 12.7. The Morgan fingerprint density at radius 3 is 2.38 bits per heavy atom. The fourth-order valence-corrected chi connectivity index (χ4v) is 3.84. The number of carbonyl (C=O) groups is 1. The van der Waals surface area contributed by atoms with Crippen LogP contribution in [-0.4, -0.2) is 60.5 Å². The summed E-state index contributed by atoms with van der Waals surface area (Å²) in [6.45, 7) is 8.87. The second-order valence-electron chi connectivity index (χ2n) is 6.59. The summed E-state index contributed by atoms with van der Waals surface area (Å²) in [7, 11) is 0. The smallest absolute Gasteiger partial charge is 0.236 e. The van der Waals surface area contributed by atoms with Gasteiger partial charge in [0.2, 0.25) is 5.91 Å². The van der Waals surface area contributed by atoms with Crippen molar-refractivity contribution in [1.82, 2.24) is 15.1 Å². The Morgan fingerprint density at radius 2 is 1.81 bits per heavy atom. The summed E-state index contributed by atoms with van der Waals surface area (Å²) >= 11 is 0. The molecule has 1 saturated carbocycles. The summed E-state index contributed by atoms with van der Waals surface area (Å²) in [5, 5.41) is 3.53. The van der Waals surface area contributed by atoms with Crippen molar-refractivity contribution in [3.05, 3.63) is 0 Å². The van der Waals surface area contributed by atoms with E-state index in [2.05, 4.69) is 29.0 Å². The first kappa shape index (κ1) is 16.8. The Hall–Kier alpha value is -0.610. The average molecular weight is 295 g/mol. The van der Waals surface area contributed by atoms with E-state index in [4.69, 9.17) is 0 Å². The third-order valence-electron chi connectivity index (χ3n) is 5.12. The molecule has 122 valence electrons. The van der Waals surface area contributed by atoms with Gasteiger partial charge in [-0.05, 0) is 45.7 Å². The minimum Gasteiger partial charge on any atom is -0.339 e. The Balaban J connectivity index is 1.83. The Kier molecular flexibility index (Phi) is 6.97. The molecule has 2 fully saturated rings. The maximum atomic E-state index is 12.7. The lowest BCUT2D eigenvalue weighted by Crippen LogP contribution is -2.48. The van der Waals surface area contributed by atoms with Gasteiger partial charge in [0.25, 0.3) is 0 Å². The van der Waals surface area contributed by atoms with Crippen LogP contribution in [0.4, 0.5) is 0 Å². The van der Waals surface area contributed by atoms with Crippen LogP contribution >= 0.6 is 0 Å². The Bertz CT molecular complexity index is 309. The van der Waals surface area contributed by atoms with Gasteiger partial charge >= 0.3 is 0 Å². The van der Waals surface area contributed by atoms with Crippen LogP contribution in [0, 0.1) is 0 Å². The van der Waals surface area contributed by atoms with E-state index in [9.17, 15) is 4.79 Å². The highest BCUT2D eigenvalue weighted by Gasteiger charge is 2.26. The summed E-state index contributed by atoms with van der Waals surface area (Å²) in [6.07, 6.45) is 8.86. The molecular formula is C17H33N3O. The fraction of sp³-hybridized carbons (Fsp3) is 0.941. The van der Waals surface area contributed by atoms with E-state index in [-0.39, 0.29) is 0 Å². The van der Waals surface area contributed by atoms with Crippen molar-refractivity contribution < 1.29 is 4.79 Å². The molecule has 4 heteroatoms. The number of rotatable bonds is 7. The van der Waals surface area contributed by atoms with Crippen LogP contribution < -0.4 is 5.32 Å². The van der Waals surface area contributed by atoms with Crippen LogP contribution in [0.5, 0.6) is 0 Å². The van der Waals surface area contributed by atoms with Gasteiger partial charge in [-0.25, -0.2) is 0 Å². The highest BCUT2D eigenvalue weighted by atomic mass is 16.2. The summed E-state index contributed by atoms with van der Waals surface area (Å²) < 4.78 is 0. The van der Waals surface area contributed by atoms with E-state index in [0.29, 0.717) is 24.5 Å². The van der Waals surface area contributed by atoms with Gasteiger partial charge < -0.3 is 10.2 Å². The predicted octanol–water partition coefficient (Wildman–Crippen LogP) is 2.24. The molecule has 1 atom stereocenters. The minimum atomic E-state index is 0.337. The number of nitrogens with one attached hydrogen (secondary N) is 1. The summed E-state index contributed by atoms with van der Waals surface area (Å²) in [5.74, 6) is 0.337. The molecule has 0 aromatic carbocycles. The van der Waals surface area contributed by atoms with Crippen LogP contribution in [0.3, 0.4) is 0 Å². The number of hydrogen-bond donors (Lipinski definition) is 1. The predicted molar refractivity (Wildman–Crippen MR) is 87.4 cm³/mol. The van der Waals surface area contributed by atoms with Crippen LogP contribution in [0.25, 0.3) is 0 Å². The van der Waals surface area contributed by atoms with Gasteiger partial charge in [0, 0.05) is 25.2 Å². The van der Waals surface area contributed by atoms with Gasteiger partial charge in [-0.2, -0.15) is 0 Å². The minimum absolute atomic E-state index is 0.337. The molecule has 1 aliphatic heterocycles. The molecule has 21 heavy (non-hydrogen) atoms. The van der Waals surface area contributed by atoms with Gasteiger partial charge in [-0.3, -0.25) is 9.69 Å². The zero-order chi connectivity index (χ0) is 15.1. The maximum Gasteiger partial charge on any atom is 0.236 e. The first-order valence-corrected chi connectivity index (χ1v) is 8.99. The van der Waals surface area contributed by atoms with Crippen LogP contribution in [0.1, 0.15) is 58.8 Å². The SMILES string of the molecule is CCN(CC(=O)N(CC)C1CCCCC1)CC1CCCN1. The third kappa shape index (κ3) is 4.96. The molecule has 4 nitrogen and oxygen atoms in total. The monoisotopic (exact) mass is 295 g/mol. The lowest BCUT2D eigenvalue weighted by atomic mass is 9.94. The molecule has 0 aromatic heterocycles. The van der Waals surface area contributed by atoms with E-state index in [1.54, 1.807) is 0 Å². The van der Waals surface area contributed by atoms with Crippen molar-refractivity contribution >= 4 is 5.91 Å². The molecule has 0 radical (unpaired) electrons. The van der Waals surface area contributed by atoms with E-state index in [0.717, 1.165) is 26.2 Å². The molecule has 0 spiro atoms. The quantitative estimate of drug-likeness (QED) is 0.782. The lowest BCUT2D eigenvalue weighted by molar-refractivity contribution is -0.135. The van der Waals surface area contributed by atoms with E-state index >= 15 is 0 Å². The van der Waals surface area contributed by atoms with Crippen molar-refractivity contribution in [2.45, 2.75) is 70.9 Å². The molecule has 0 aromatic rings. The molecule has 1 heterocycles. The molecule has 1 saturated heterocycles. The van der Waals surface area contributed by atoms with Gasteiger partial charge in [-0.15, -0.1) is 0 Å². The first-order valence-electron chi connectivity index (χ1n) is 8.99. The van der Waals surface area contributed by atoms with Crippen molar-refractivity contribution in [2.24, 2.45) is 0 Å². The molecule has 2 rings (SSSR count). The molecular weight excluding hydrogens is 262 g/mol. The number of amides is 1. The van der Waals surface area contributed by atoms with Gasteiger partial charge in [0.15, 0.2) is 0 Å². The number of nitrogens with zero attached hydrogens (tertiary/aromatic N) is 2. The molecule has 0 bridgehead atoms. The van der Waals surface area contributed by atoms with Crippen LogP contribution in [-0.2, 0) is 4.79 Å². The highest BCUT2D eigenvalue weighted by Crippen LogP contribution is 2.22. The summed E-state index contributed by atoms with van der Waals surface area (Å²) in [4.78, 5) is 17.1. The normalized spacial score (nSPS) is 23.7. The zero-order valence-electron chi connectivity index (χ0n) is 13.9. The van der Waals surface area contributed by atoms with E-state index in [1.807, 2.05) is 0 Å². The topological polar surface area (TPSA) is 35.6 Å².